The van der Waals surface area contributed by atoms with Crippen molar-refractivity contribution in [3.8, 4) is 0 Å². The zero-order valence-electron chi connectivity index (χ0n) is 14.0. The first kappa shape index (κ1) is 16.9. The number of halogens is 1. The van der Waals surface area contributed by atoms with Crippen LogP contribution in [0.15, 0.2) is 30.5 Å². The van der Waals surface area contributed by atoms with Crippen LogP contribution in [0.25, 0.3) is 10.9 Å². The summed E-state index contributed by atoms with van der Waals surface area (Å²) in [6.45, 7) is 1.08. The van der Waals surface area contributed by atoms with Crippen molar-refractivity contribution in [1.29, 1.82) is 0 Å². The summed E-state index contributed by atoms with van der Waals surface area (Å²) in [5.41, 5.74) is 1.28. The molecule has 134 valence electrons. The summed E-state index contributed by atoms with van der Waals surface area (Å²) in [7, 11) is 0. The van der Waals surface area contributed by atoms with Crippen molar-refractivity contribution in [2.24, 2.45) is 5.92 Å². The minimum atomic E-state index is -0.357. The van der Waals surface area contributed by atoms with Crippen molar-refractivity contribution in [3.63, 3.8) is 0 Å². The van der Waals surface area contributed by atoms with Crippen LogP contribution in [-0.4, -0.2) is 40.4 Å². The molecule has 1 aromatic carbocycles. The summed E-state index contributed by atoms with van der Waals surface area (Å²) in [6.07, 6.45) is 5.56. The summed E-state index contributed by atoms with van der Waals surface area (Å²) < 4.78 is 7.31. The van der Waals surface area contributed by atoms with Gasteiger partial charge in [-0.25, -0.2) is 0 Å². The number of carbonyl (C=O) groups is 1. The van der Waals surface area contributed by atoms with Gasteiger partial charge < -0.3 is 19.7 Å². The predicted octanol–water partition coefficient (Wildman–Crippen LogP) is 3.06. The highest BCUT2D eigenvalue weighted by Gasteiger charge is 2.33. The highest BCUT2D eigenvalue weighted by atomic mass is 35.5. The third-order valence-electron chi connectivity index (χ3n) is 5.46. The minimum absolute atomic E-state index is 0.0493. The van der Waals surface area contributed by atoms with Gasteiger partial charge in [0.15, 0.2) is 5.56 Å². The lowest BCUT2D eigenvalue weighted by Gasteiger charge is -2.33. The number of amides is 1. The molecule has 1 saturated heterocycles. The van der Waals surface area contributed by atoms with Gasteiger partial charge in [0.05, 0.1) is 24.3 Å². The molecule has 25 heavy (non-hydrogen) atoms. The summed E-state index contributed by atoms with van der Waals surface area (Å²) in [6, 6.07) is 7.90. The fraction of sp³-hybridized carbons (Fsp3) is 0.526. The van der Waals surface area contributed by atoms with Crippen LogP contribution in [0.3, 0.4) is 0 Å². The van der Waals surface area contributed by atoms with Crippen LogP contribution < -0.4 is 5.32 Å². The van der Waals surface area contributed by atoms with Gasteiger partial charge in [-0.2, -0.15) is 0 Å². The van der Waals surface area contributed by atoms with E-state index < -0.39 is 0 Å². The Morgan fingerprint density at radius 2 is 2.12 bits per heavy atom. The molecule has 4 rings (SSSR count). The molecule has 2 fully saturated rings. The maximum absolute atomic E-state index is 12.8. The van der Waals surface area contributed by atoms with Gasteiger partial charge in [-0.15, -0.1) is 0 Å². The fourth-order valence-corrected chi connectivity index (χ4v) is 4.13. The van der Waals surface area contributed by atoms with Gasteiger partial charge in [0.25, 0.3) is 5.91 Å². The molecule has 1 aromatic heterocycles. The number of aromatic nitrogens is 1. The Morgan fingerprint density at radius 1 is 1.32 bits per heavy atom. The second-order valence-electron chi connectivity index (χ2n) is 7.04. The molecule has 6 heteroatoms. The molecule has 5 nitrogen and oxygen atoms in total. The number of nitrogens with one attached hydrogen (secondary N) is 1. The molecule has 0 radical (unpaired) electrons. The number of hydrogen-bond donors (Lipinski definition) is 2. The zero-order chi connectivity index (χ0) is 17.4. The number of aliphatic hydroxyl groups is 1. The van der Waals surface area contributed by atoms with E-state index in [1.54, 1.807) is 0 Å². The van der Waals surface area contributed by atoms with Crippen LogP contribution in [0, 0.1) is 5.92 Å². The third kappa shape index (κ3) is 3.16. The first-order chi connectivity index (χ1) is 12.1. The Morgan fingerprint density at radius 3 is 2.84 bits per heavy atom. The van der Waals surface area contributed by atoms with E-state index in [9.17, 15) is 9.90 Å². The third-order valence-corrected chi connectivity index (χ3v) is 5.88. The summed E-state index contributed by atoms with van der Waals surface area (Å²) in [5, 5.41) is 14.0. The first-order valence-electron chi connectivity index (χ1n) is 8.96. The van der Waals surface area contributed by atoms with Crippen LogP contribution in [0.2, 0.25) is 0 Å². The van der Waals surface area contributed by atoms with Crippen molar-refractivity contribution in [1.82, 2.24) is 9.88 Å². The average molecular weight is 363 g/mol. The first-order valence-corrected chi connectivity index (χ1v) is 9.40. The maximum Gasteiger partial charge on any atom is 0.253 e. The zero-order valence-corrected chi connectivity index (χ0v) is 14.8. The topological polar surface area (TPSA) is 63.5 Å². The number of ether oxygens (including phenoxy) is 1. The molecular formula is C19H23ClN2O3. The van der Waals surface area contributed by atoms with Crippen molar-refractivity contribution < 1.29 is 14.6 Å². The van der Waals surface area contributed by atoms with Gasteiger partial charge in [-0.05, 0) is 18.9 Å². The van der Waals surface area contributed by atoms with Crippen LogP contribution >= 0.6 is 11.6 Å². The Balaban J connectivity index is 1.55. The van der Waals surface area contributed by atoms with E-state index in [2.05, 4.69) is 5.32 Å². The van der Waals surface area contributed by atoms with Crippen molar-refractivity contribution in [2.45, 2.75) is 43.4 Å². The Bertz CT molecular complexity index is 775. The molecule has 1 aliphatic carbocycles. The molecule has 2 aromatic rings. The number of aliphatic hydroxyl groups excluding tert-OH is 1. The number of carbonyl (C=O) groups excluding carboxylic acids is 1. The van der Waals surface area contributed by atoms with Gasteiger partial charge in [0.2, 0.25) is 0 Å². The van der Waals surface area contributed by atoms with Gasteiger partial charge >= 0.3 is 0 Å². The molecule has 1 amide bonds. The highest BCUT2D eigenvalue weighted by molar-refractivity contribution is 6.20. The van der Waals surface area contributed by atoms with Crippen molar-refractivity contribution in [2.75, 3.05) is 13.2 Å². The summed E-state index contributed by atoms with van der Waals surface area (Å²) in [5.74, 6) is 0.0531. The lowest BCUT2D eigenvalue weighted by molar-refractivity contribution is -0.0523. The molecule has 0 spiro atoms. The smallest absolute Gasteiger partial charge is 0.253 e. The normalized spacial score (nSPS) is 29.4. The molecular weight excluding hydrogens is 340 g/mol. The molecule has 1 saturated carbocycles. The molecule has 2 N–H and O–H groups in total. The van der Waals surface area contributed by atoms with Crippen molar-refractivity contribution in [3.05, 3.63) is 36.0 Å². The molecule has 2 heterocycles. The van der Waals surface area contributed by atoms with E-state index in [0.717, 1.165) is 36.6 Å². The highest BCUT2D eigenvalue weighted by Crippen LogP contribution is 2.34. The van der Waals surface area contributed by atoms with Crippen molar-refractivity contribution >= 4 is 28.4 Å². The summed E-state index contributed by atoms with van der Waals surface area (Å²) in [4.78, 5) is 12.8. The Kier molecular flexibility index (Phi) is 4.71. The maximum atomic E-state index is 12.8. The van der Waals surface area contributed by atoms with Gasteiger partial charge in [0.1, 0.15) is 0 Å². The van der Waals surface area contributed by atoms with E-state index in [1.165, 1.54) is 0 Å². The largest absolute Gasteiger partial charge is 0.393 e. The lowest BCUT2D eigenvalue weighted by atomic mass is 9.86. The van der Waals surface area contributed by atoms with Crippen LogP contribution in [0.1, 0.15) is 42.1 Å². The number of hydrogen-bond acceptors (Lipinski definition) is 3. The molecule has 4 atom stereocenters. The van der Waals surface area contributed by atoms with Crippen LogP contribution in [-0.2, 0) is 4.74 Å². The number of fused-ring (bicyclic) bond motifs is 1. The lowest BCUT2D eigenvalue weighted by Crippen LogP contribution is -2.37. The predicted molar refractivity (Wildman–Crippen MR) is 96.9 cm³/mol. The van der Waals surface area contributed by atoms with E-state index in [4.69, 9.17) is 16.3 Å². The van der Waals surface area contributed by atoms with Crippen LogP contribution in [0.4, 0.5) is 0 Å². The minimum Gasteiger partial charge on any atom is -0.393 e. The number of benzene rings is 1. The Hall–Kier alpha value is -1.56. The standard InChI is InChI=1S/C19H23ClN2O3/c20-18-16(11-25-18)22-10-14(13-6-2-3-7-15(13)22)19(24)21-9-12-5-1-4-8-17(12)23/h2-3,6-7,10,12,16-18,23H,1,4-5,8-9,11H2,(H,21,24)/t12-,16-,17-,18+/m1/s1. The number of rotatable bonds is 4. The number of para-hydroxylation sites is 1. The SMILES string of the molecule is O=C(NC[C@H]1CCCC[C@H]1O)c1cn([C@@H]2CO[C@@H]2Cl)c2ccccc12. The Labute approximate surface area is 151 Å². The van der Waals surface area contributed by atoms with E-state index in [-0.39, 0.29) is 29.5 Å². The van der Waals surface area contributed by atoms with Gasteiger partial charge in [-0.1, -0.05) is 42.6 Å². The van der Waals surface area contributed by atoms with Gasteiger partial charge in [0, 0.05) is 29.6 Å². The van der Waals surface area contributed by atoms with E-state index in [1.807, 2.05) is 35.0 Å². The molecule has 0 unspecified atom stereocenters. The summed E-state index contributed by atoms with van der Waals surface area (Å²) >= 11 is 6.15. The van der Waals surface area contributed by atoms with E-state index >= 15 is 0 Å². The monoisotopic (exact) mass is 362 g/mol. The van der Waals surface area contributed by atoms with Gasteiger partial charge in [-0.3, -0.25) is 4.79 Å². The average Bonchev–Trinajstić information content (AvgIpc) is 2.99. The molecule has 0 bridgehead atoms. The fourth-order valence-electron chi connectivity index (χ4n) is 3.87. The second kappa shape index (κ2) is 6.98. The number of nitrogens with zero attached hydrogens (tertiary/aromatic N) is 1. The molecule has 1 aliphatic heterocycles. The quantitative estimate of drug-likeness (QED) is 0.822. The second-order valence-corrected chi connectivity index (χ2v) is 7.47. The van der Waals surface area contributed by atoms with E-state index in [0.29, 0.717) is 18.7 Å². The molecule has 2 aliphatic rings. The number of alkyl halides is 1. The van der Waals surface area contributed by atoms with Crippen LogP contribution in [0.5, 0.6) is 0 Å².